The monoisotopic (exact) mass is 443 g/mol. The van der Waals surface area contributed by atoms with E-state index in [0.717, 1.165) is 15.8 Å². The van der Waals surface area contributed by atoms with Gasteiger partial charge < -0.3 is 5.32 Å². The van der Waals surface area contributed by atoms with Gasteiger partial charge in [-0.25, -0.2) is 13.4 Å². The molecule has 3 aromatic rings. The molecule has 0 saturated carbocycles. The van der Waals surface area contributed by atoms with Gasteiger partial charge >= 0.3 is 0 Å². The molecule has 30 heavy (non-hydrogen) atoms. The zero-order valence-electron chi connectivity index (χ0n) is 17.3. The van der Waals surface area contributed by atoms with E-state index in [-0.39, 0.29) is 10.8 Å². The molecule has 6 nitrogen and oxygen atoms in total. The van der Waals surface area contributed by atoms with Crippen LogP contribution in [0.1, 0.15) is 43.7 Å². The predicted molar refractivity (Wildman–Crippen MR) is 120 cm³/mol. The van der Waals surface area contributed by atoms with Crippen molar-refractivity contribution < 1.29 is 13.2 Å². The SMILES string of the molecule is Cc1ccc(S(=O)(=O)N2CCCC2C(=O)Nc2nc3ccc(C(C)C)cc3s2)cc1. The molecule has 1 N–H and O–H groups in total. The average Bonchev–Trinajstić information content (AvgIpc) is 3.34. The number of hydrogen-bond donors (Lipinski definition) is 1. The van der Waals surface area contributed by atoms with Crippen LogP contribution in [-0.2, 0) is 14.8 Å². The Bertz CT molecular complexity index is 1180. The third-order valence-electron chi connectivity index (χ3n) is 5.44. The van der Waals surface area contributed by atoms with Crippen LogP contribution in [-0.4, -0.2) is 36.2 Å². The van der Waals surface area contributed by atoms with Crippen LogP contribution in [0.3, 0.4) is 0 Å². The standard InChI is InChI=1S/C22H25N3O3S2/c1-14(2)16-8-11-18-20(13-16)29-22(23-18)24-21(26)19-5-4-12-25(19)30(27,28)17-9-6-15(3)7-10-17/h6-11,13-14,19H,4-5,12H2,1-3H3,(H,23,24,26). The summed E-state index contributed by atoms with van der Waals surface area (Å²) < 4.78 is 28.5. The number of thiazole rings is 1. The summed E-state index contributed by atoms with van der Waals surface area (Å²) in [5.74, 6) is 0.0832. The highest BCUT2D eigenvalue weighted by molar-refractivity contribution is 7.89. The van der Waals surface area contributed by atoms with E-state index < -0.39 is 16.1 Å². The van der Waals surface area contributed by atoms with E-state index in [9.17, 15) is 13.2 Å². The second-order valence-electron chi connectivity index (χ2n) is 7.98. The van der Waals surface area contributed by atoms with Gasteiger partial charge in [-0.1, -0.05) is 48.9 Å². The fourth-order valence-electron chi connectivity index (χ4n) is 3.68. The summed E-state index contributed by atoms with van der Waals surface area (Å²) in [6, 6.07) is 12.1. The molecule has 1 fully saturated rings. The molecule has 158 valence electrons. The summed E-state index contributed by atoms with van der Waals surface area (Å²) in [6.45, 7) is 6.51. The number of anilines is 1. The average molecular weight is 444 g/mol. The van der Waals surface area contributed by atoms with Gasteiger partial charge in [0.15, 0.2) is 5.13 Å². The molecule has 1 unspecified atom stereocenters. The number of aryl methyl sites for hydroxylation is 1. The van der Waals surface area contributed by atoms with Crippen molar-refractivity contribution in [2.24, 2.45) is 0 Å². The highest BCUT2D eigenvalue weighted by Crippen LogP contribution is 2.31. The highest BCUT2D eigenvalue weighted by atomic mass is 32.2. The Morgan fingerprint density at radius 3 is 2.63 bits per heavy atom. The van der Waals surface area contributed by atoms with Crippen LogP contribution >= 0.6 is 11.3 Å². The van der Waals surface area contributed by atoms with Gasteiger partial charge in [-0.15, -0.1) is 0 Å². The number of rotatable bonds is 5. The first-order valence-electron chi connectivity index (χ1n) is 10.1. The van der Waals surface area contributed by atoms with Gasteiger partial charge in [0.2, 0.25) is 15.9 Å². The number of fused-ring (bicyclic) bond motifs is 1. The first kappa shape index (κ1) is 21.0. The van der Waals surface area contributed by atoms with Crippen molar-refractivity contribution in [3.8, 4) is 0 Å². The molecule has 1 amide bonds. The first-order valence-corrected chi connectivity index (χ1v) is 12.3. The number of nitrogens with zero attached hydrogens (tertiary/aromatic N) is 2. The number of benzene rings is 2. The minimum Gasteiger partial charge on any atom is -0.301 e. The molecule has 0 radical (unpaired) electrons. The van der Waals surface area contributed by atoms with Crippen molar-refractivity contribution in [2.75, 3.05) is 11.9 Å². The van der Waals surface area contributed by atoms with E-state index in [1.807, 2.05) is 19.1 Å². The molecule has 2 aromatic carbocycles. The lowest BCUT2D eigenvalue weighted by atomic mass is 10.0. The van der Waals surface area contributed by atoms with Crippen LogP contribution in [0.15, 0.2) is 47.4 Å². The van der Waals surface area contributed by atoms with Crippen molar-refractivity contribution in [2.45, 2.75) is 50.5 Å². The van der Waals surface area contributed by atoms with Gasteiger partial charge in [0.05, 0.1) is 15.1 Å². The van der Waals surface area contributed by atoms with E-state index in [2.05, 4.69) is 30.2 Å². The zero-order valence-corrected chi connectivity index (χ0v) is 18.9. The molecule has 4 rings (SSSR count). The van der Waals surface area contributed by atoms with Gasteiger partial charge in [-0.3, -0.25) is 4.79 Å². The third kappa shape index (κ3) is 3.99. The third-order valence-corrected chi connectivity index (χ3v) is 8.30. The Kier molecular flexibility index (Phi) is 5.65. The maximum atomic E-state index is 13.1. The van der Waals surface area contributed by atoms with E-state index >= 15 is 0 Å². The largest absolute Gasteiger partial charge is 0.301 e. The van der Waals surface area contributed by atoms with Gasteiger partial charge in [-0.05, 0) is 55.5 Å². The number of nitrogens with one attached hydrogen (secondary N) is 1. The second kappa shape index (κ2) is 8.09. The van der Waals surface area contributed by atoms with Crippen LogP contribution in [0.4, 0.5) is 5.13 Å². The summed E-state index contributed by atoms with van der Waals surface area (Å²) in [5, 5.41) is 3.34. The highest BCUT2D eigenvalue weighted by Gasteiger charge is 2.39. The van der Waals surface area contributed by atoms with Crippen LogP contribution in [0.25, 0.3) is 10.2 Å². The quantitative estimate of drug-likeness (QED) is 0.629. The minimum absolute atomic E-state index is 0.217. The molecule has 2 heterocycles. The number of sulfonamides is 1. The molecule has 1 aromatic heterocycles. The molecule has 0 bridgehead atoms. The normalized spacial score (nSPS) is 17.7. The molecule has 0 spiro atoms. The summed E-state index contributed by atoms with van der Waals surface area (Å²) in [7, 11) is -3.73. The van der Waals surface area contributed by atoms with Crippen molar-refractivity contribution in [3.05, 3.63) is 53.6 Å². The molecule has 8 heteroatoms. The van der Waals surface area contributed by atoms with E-state index in [0.29, 0.717) is 30.4 Å². The second-order valence-corrected chi connectivity index (χ2v) is 10.9. The molecule has 1 aliphatic heterocycles. The number of carbonyl (C=O) groups is 1. The zero-order chi connectivity index (χ0) is 21.5. The smallest absolute Gasteiger partial charge is 0.244 e. The Labute approximate surface area is 181 Å². The summed E-state index contributed by atoms with van der Waals surface area (Å²) in [4.78, 5) is 17.7. The van der Waals surface area contributed by atoms with Crippen molar-refractivity contribution in [1.82, 2.24) is 9.29 Å². The Morgan fingerprint density at radius 1 is 1.20 bits per heavy atom. The van der Waals surface area contributed by atoms with E-state index in [1.165, 1.54) is 21.2 Å². The van der Waals surface area contributed by atoms with E-state index in [1.54, 1.807) is 24.3 Å². The van der Waals surface area contributed by atoms with E-state index in [4.69, 9.17) is 0 Å². The molecule has 1 aliphatic rings. The van der Waals surface area contributed by atoms with Crippen LogP contribution < -0.4 is 5.32 Å². The van der Waals surface area contributed by atoms with Gasteiger partial charge in [-0.2, -0.15) is 4.31 Å². The maximum Gasteiger partial charge on any atom is 0.244 e. The van der Waals surface area contributed by atoms with Crippen molar-refractivity contribution in [3.63, 3.8) is 0 Å². The minimum atomic E-state index is -3.73. The molecule has 0 aliphatic carbocycles. The van der Waals surface area contributed by atoms with Gasteiger partial charge in [0.25, 0.3) is 0 Å². The number of aromatic nitrogens is 1. The molecule has 1 saturated heterocycles. The van der Waals surface area contributed by atoms with Crippen molar-refractivity contribution >= 4 is 42.6 Å². The maximum absolute atomic E-state index is 13.1. The Hall–Kier alpha value is -2.29. The first-order chi connectivity index (χ1) is 14.3. The number of carbonyl (C=O) groups excluding carboxylic acids is 1. The predicted octanol–water partition coefficient (Wildman–Crippen LogP) is 4.52. The lowest BCUT2D eigenvalue weighted by Crippen LogP contribution is -2.43. The number of hydrogen-bond acceptors (Lipinski definition) is 5. The van der Waals surface area contributed by atoms with Crippen LogP contribution in [0, 0.1) is 6.92 Å². The summed E-state index contributed by atoms with van der Waals surface area (Å²) >= 11 is 1.41. The van der Waals surface area contributed by atoms with Crippen LogP contribution in [0.2, 0.25) is 0 Å². The van der Waals surface area contributed by atoms with Gasteiger partial charge in [0, 0.05) is 6.54 Å². The number of amides is 1. The van der Waals surface area contributed by atoms with Gasteiger partial charge in [0.1, 0.15) is 6.04 Å². The lowest BCUT2D eigenvalue weighted by Gasteiger charge is -2.23. The van der Waals surface area contributed by atoms with Crippen LogP contribution in [0.5, 0.6) is 0 Å². The Balaban J connectivity index is 1.55. The lowest BCUT2D eigenvalue weighted by molar-refractivity contribution is -0.119. The Morgan fingerprint density at radius 2 is 1.93 bits per heavy atom. The fraction of sp³-hybridized carbons (Fsp3) is 0.364. The summed E-state index contributed by atoms with van der Waals surface area (Å²) in [5.41, 5.74) is 3.03. The molecular weight excluding hydrogens is 418 g/mol. The topological polar surface area (TPSA) is 79.4 Å². The molecule has 1 atom stereocenters. The van der Waals surface area contributed by atoms with Crippen molar-refractivity contribution in [1.29, 1.82) is 0 Å². The fourth-order valence-corrected chi connectivity index (χ4v) is 6.25. The molecular formula is C22H25N3O3S2. The summed E-state index contributed by atoms with van der Waals surface area (Å²) in [6.07, 6.45) is 1.15.